The van der Waals surface area contributed by atoms with E-state index in [-0.39, 0.29) is 23.9 Å². The fourth-order valence-corrected chi connectivity index (χ4v) is 2.55. The summed E-state index contributed by atoms with van der Waals surface area (Å²) < 4.78 is 0. The maximum atomic E-state index is 11.9. The summed E-state index contributed by atoms with van der Waals surface area (Å²) in [5.41, 5.74) is 5.86. The van der Waals surface area contributed by atoms with Gasteiger partial charge >= 0.3 is 0 Å². The van der Waals surface area contributed by atoms with Crippen LogP contribution in [-0.2, 0) is 4.79 Å². The predicted octanol–water partition coefficient (Wildman–Crippen LogP) is 2.44. The maximum Gasteiger partial charge on any atom is 0.237 e. The number of carbonyl (C=O) groups excluding carboxylic acids is 1. The summed E-state index contributed by atoms with van der Waals surface area (Å²) in [6.45, 7) is 6.10. The van der Waals surface area contributed by atoms with Crippen LogP contribution in [0.5, 0.6) is 0 Å². The summed E-state index contributed by atoms with van der Waals surface area (Å²) in [6.07, 6.45) is 7.81. The Morgan fingerprint density at radius 1 is 1.12 bits per heavy atom. The van der Waals surface area contributed by atoms with Crippen molar-refractivity contribution in [2.75, 3.05) is 0 Å². The van der Waals surface area contributed by atoms with Crippen molar-refractivity contribution in [2.24, 2.45) is 17.6 Å². The quantitative estimate of drug-likeness (QED) is 0.742. The van der Waals surface area contributed by atoms with Gasteiger partial charge in [0.1, 0.15) is 0 Å². The molecular formula is C14H28N2O. The minimum absolute atomic E-state index is 0.0109. The number of nitrogens with one attached hydrogen (secondary N) is 1. The van der Waals surface area contributed by atoms with E-state index in [0.29, 0.717) is 5.92 Å². The molecule has 3 N–H and O–H groups in total. The summed E-state index contributed by atoms with van der Waals surface area (Å²) in [4.78, 5) is 11.9. The molecule has 1 aliphatic carbocycles. The van der Waals surface area contributed by atoms with Gasteiger partial charge in [0.15, 0.2) is 0 Å². The van der Waals surface area contributed by atoms with E-state index in [1.165, 1.54) is 38.5 Å². The van der Waals surface area contributed by atoms with Gasteiger partial charge < -0.3 is 11.1 Å². The normalized spacial score (nSPS) is 21.9. The minimum Gasteiger partial charge on any atom is -0.352 e. The number of hydrogen-bond acceptors (Lipinski definition) is 2. The van der Waals surface area contributed by atoms with Gasteiger partial charge in [0, 0.05) is 6.04 Å². The highest BCUT2D eigenvalue weighted by Crippen LogP contribution is 2.25. The summed E-state index contributed by atoms with van der Waals surface area (Å²) in [6, 6.07) is -0.103. The van der Waals surface area contributed by atoms with Crippen molar-refractivity contribution >= 4 is 5.91 Å². The van der Waals surface area contributed by atoms with Gasteiger partial charge in [0.2, 0.25) is 5.91 Å². The molecule has 1 aliphatic rings. The second kappa shape index (κ2) is 7.00. The Hall–Kier alpha value is -0.570. The van der Waals surface area contributed by atoms with Crippen molar-refractivity contribution < 1.29 is 4.79 Å². The monoisotopic (exact) mass is 240 g/mol. The Morgan fingerprint density at radius 2 is 1.65 bits per heavy atom. The van der Waals surface area contributed by atoms with Crippen molar-refractivity contribution in [2.45, 2.75) is 71.4 Å². The zero-order valence-corrected chi connectivity index (χ0v) is 11.5. The number of nitrogens with two attached hydrogens (primary N) is 1. The van der Waals surface area contributed by atoms with E-state index in [4.69, 9.17) is 5.73 Å². The summed E-state index contributed by atoms with van der Waals surface area (Å²) >= 11 is 0. The summed E-state index contributed by atoms with van der Waals surface area (Å²) in [5, 5.41) is 3.09. The van der Waals surface area contributed by atoms with Gasteiger partial charge in [-0.15, -0.1) is 0 Å². The van der Waals surface area contributed by atoms with E-state index in [1.807, 2.05) is 13.8 Å². The predicted molar refractivity (Wildman–Crippen MR) is 71.6 cm³/mol. The highest BCUT2D eigenvalue weighted by molar-refractivity contribution is 5.81. The Morgan fingerprint density at radius 3 is 2.12 bits per heavy atom. The first-order chi connectivity index (χ1) is 8.02. The zero-order valence-electron chi connectivity index (χ0n) is 11.5. The highest BCUT2D eigenvalue weighted by Gasteiger charge is 2.23. The van der Waals surface area contributed by atoms with Crippen molar-refractivity contribution in [1.29, 1.82) is 0 Å². The van der Waals surface area contributed by atoms with Crippen molar-refractivity contribution in [3.8, 4) is 0 Å². The highest BCUT2D eigenvalue weighted by atomic mass is 16.2. The first kappa shape index (κ1) is 14.5. The first-order valence-electron chi connectivity index (χ1n) is 7.08. The SMILES string of the molecule is CC(C)C(N)C(=O)N[C@H](C)C1CCCCCC1. The van der Waals surface area contributed by atoms with Crippen molar-refractivity contribution in [1.82, 2.24) is 5.32 Å². The average Bonchev–Trinajstić information content (AvgIpc) is 2.56. The van der Waals surface area contributed by atoms with E-state index >= 15 is 0 Å². The van der Waals surface area contributed by atoms with Gasteiger partial charge in [-0.1, -0.05) is 39.5 Å². The molecular weight excluding hydrogens is 212 g/mol. The Balaban J connectivity index is 2.41. The van der Waals surface area contributed by atoms with Gasteiger partial charge in [-0.25, -0.2) is 0 Å². The first-order valence-corrected chi connectivity index (χ1v) is 7.08. The molecule has 0 spiro atoms. The van der Waals surface area contributed by atoms with Crippen molar-refractivity contribution in [3.05, 3.63) is 0 Å². The second-order valence-electron chi connectivity index (χ2n) is 5.82. The molecule has 0 saturated heterocycles. The van der Waals surface area contributed by atoms with Crippen LogP contribution in [0, 0.1) is 11.8 Å². The van der Waals surface area contributed by atoms with Crippen LogP contribution in [0.3, 0.4) is 0 Å². The van der Waals surface area contributed by atoms with E-state index in [2.05, 4.69) is 12.2 Å². The Kier molecular flexibility index (Phi) is 5.96. The smallest absolute Gasteiger partial charge is 0.237 e. The molecule has 1 saturated carbocycles. The topological polar surface area (TPSA) is 55.1 Å². The third kappa shape index (κ3) is 4.66. The van der Waals surface area contributed by atoms with Crippen LogP contribution in [0.4, 0.5) is 0 Å². The molecule has 0 aromatic carbocycles. The molecule has 1 rings (SSSR count). The van der Waals surface area contributed by atoms with Gasteiger partial charge in [0.05, 0.1) is 6.04 Å². The lowest BCUT2D eigenvalue weighted by molar-refractivity contribution is -0.124. The number of carbonyl (C=O) groups is 1. The molecule has 0 radical (unpaired) electrons. The molecule has 1 fully saturated rings. The van der Waals surface area contributed by atoms with E-state index < -0.39 is 0 Å². The lowest BCUT2D eigenvalue weighted by atomic mass is 9.92. The fraction of sp³-hybridized carbons (Fsp3) is 0.929. The van der Waals surface area contributed by atoms with Crippen LogP contribution in [0.25, 0.3) is 0 Å². The number of amides is 1. The molecule has 3 nitrogen and oxygen atoms in total. The van der Waals surface area contributed by atoms with Crippen LogP contribution in [0.2, 0.25) is 0 Å². The minimum atomic E-state index is -0.372. The average molecular weight is 240 g/mol. The van der Waals surface area contributed by atoms with Crippen molar-refractivity contribution in [3.63, 3.8) is 0 Å². The largest absolute Gasteiger partial charge is 0.352 e. The van der Waals surface area contributed by atoms with Crippen LogP contribution in [0.1, 0.15) is 59.3 Å². The van der Waals surface area contributed by atoms with E-state index in [9.17, 15) is 4.79 Å². The molecule has 0 heterocycles. The number of hydrogen-bond donors (Lipinski definition) is 2. The molecule has 0 bridgehead atoms. The summed E-state index contributed by atoms with van der Waals surface area (Å²) in [5.74, 6) is 0.855. The molecule has 1 amide bonds. The molecule has 0 aromatic rings. The van der Waals surface area contributed by atoms with Crippen LogP contribution in [0.15, 0.2) is 0 Å². The molecule has 2 atom stereocenters. The standard InChI is InChI=1S/C14H28N2O/c1-10(2)13(15)14(17)16-11(3)12-8-6-4-5-7-9-12/h10-13H,4-9,15H2,1-3H3,(H,16,17)/t11-,13?/m1/s1. The van der Waals surface area contributed by atoms with Gasteiger partial charge in [-0.2, -0.15) is 0 Å². The van der Waals surface area contributed by atoms with Crippen LogP contribution in [-0.4, -0.2) is 18.0 Å². The fourth-order valence-electron chi connectivity index (χ4n) is 2.55. The third-order valence-electron chi connectivity index (χ3n) is 4.00. The Bertz CT molecular complexity index is 232. The van der Waals surface area contributed by atoms with Crippen LogP contribution < -0.4 is 11.1 Å². The van der Waals surface area contributed by atoms with Crippen LogP contribution >= 0.6 is 0 Å². The number of rotatable bonds is 4. The van der Waals surface area contributed by atoms with Gasteiger partial charge in [-0.05, 0) is 31.6 Å². The van der Waals surface area contributed by atoms with E-state index in [1.54, 1.807) is 0 Å². The molecule has 17 heavy (non-hydrogen) atoms. The van der Waals surface area contributed by atoms with Gasteiger partial charge in [-0.3, -0.25) is 4.79 Å². The zero-order chi connectivity index (χ0) is 12.8. The molecule has 1 unspecified atom stereocenters. The second-order valence-corrected chi connectivity index (χ2v) is 5.82. The van der Waals surface area contributed by atoms with Gasteiger partial charge in [0.25, 0.3) is 0 Å². The molecule has 0 aliphatic heterocycles. The summed E-state index contributed by atoms with van der Waals surface area (Å²) in [7, 11) is 0. The Labute approximate surface area is 106 Å². The lowest BCUT2D eigenvalue weighted by Crippen LogP contribution is -2.48. The molecule has 100 valence electrons. The third-order valence-corrected chi connectivity index (χ3v) is 4.00. The lowest BCUT2D eigenvalue weighted by Gasteiger charge is -2.26. The maximum absolute atomic E-state index is 11.9. The molecule has 0 aromatic heterocycles. The van der Waals surface area contributed by atoms with E-state index in [0.717, 1.165) is 0 Å². The molecule has 3 heteroatoms.